The summed E-state index contributed by atoms with van der Waals surface area (Å²) in [6.07, 6.45) is 0.0782. The lowest BCUT2D eigenvalue weighted by Gasteiger charge is -2.32. The SMILES string of the molecule is CBCC1C[C@@H](C[C@H](NC(=O)[C@H](CC(C)C)NC(=O)[C@@H](NC(=O)OCc2ccccc2)C(C)OC(C)(C)C)C(=O)OC)C(=O)N1. The Hall–Kier alpha value is -3.61. The van der Waals surface area contributed by atoms with E-state index in [1.54, 1.807) is 6.92 Å². The molecule has 250 valence electrons. The van der Waals surface area contributed by atoms with E-state index in [2.05, 4.69) is 21.3 Å². The van der Waals surface area contributed by atoms with Crippen LogP contribution in [-0.2, 0) is 40.0 Å². The zero-order valence-electron chi connectivity index (χ0n) is 27.9. The second-order valence-electron chi connectivity index (χ2n) is 13.1. The first kappa shape index (κ1) is 37.6. The molecule has 1 aliphatic rings. The molecule has 1 aromatic carbocycles. The number of carbonyl (C=O) groups excluding carboxylic acids is 5. The number of hydrogen-bond donors (Lipinski definition) is 4. The third-order valence-corrected chi connectivity index (χ3v) is 7.36. The highest BCUT2D eigenvalue weighted by Crippen LogP contribution is 2.23. The molecule has 0 bridgehead atoms. The van der Waals surface area contributed by atoms with Crippen molar-refractivity contribution in [3.05, 3.63) is 35.9 Å². The van der Waals surface area contributed by atoms with Crippen molar-refractivity contribution >= 4 is 37.1 Å². The third-order valence-electron chi connectivity index (χ3n) is 7.36. The molecule has 2 unspecified atom stereocenters. The van der Waals surface area contributed by atoms with Crippen molar-refractivity contribution in [2.45, 2.75) is 116 Å². The van der Waals surface area contributed by atoms with E-state index >= 15 is 0 Å². The Balaban J connectivity index is 2.20. The van der Waals surface area contributed by atoms with Crippen LogP contribution in [0.15, 0.2) is 30.3 Å². The van der Waals surface area contributed by atoms with Crippen LogP contribution in [0.25, 0.3) is 0 Å². The van der Waals surface area contributed by atoms with Gasteiger partial charge < -0.3 is 35.5 Å². The van der Waals surface area contributed by atoms with Crippen molar-refractivity contribution in [3.8, 4) is 0 Å². The first-order valence-electron chi connectivity index (χ1n) is 15.8. The molecule has 6 atom stereocenters. The van der Waals surface area contributed by atoms with Crippen LogP contribution in [0.3, 0.4) is 0 Å². The van der Waals surface area contributed by atoms with E-state index in [4.69, 9.17) is 14.2 Å². The van der Waals surface area contributed by atoms with Gasteiger partial charge in [-0.25, -0.2) is 9.59 Å². The van der Waals surface area contributed by atoms with Crippen molar-refractivity contribution < 1.29 is 38.2 Å². The van der Waals surface area contributed by atoms with Gasteiger partial charge in [0, 0.05) is 12.0 Å². The molecule has 45 heavy (non-hydrogen) atoms. The Morgan fingerprint density at radius 1 is 1.00 bits per heavy atom. The number of benzene rings is 1. The lowest BCUT2D eigenvalue weighted by molar-refractivity contribution is -0.146. The van der Waals surface area contributed by atoms with E-state index < -0.39 is 59.6 Å². The summed E-state index contributed by atoms with van der Waals surface area (Å²) in [7, 11) is 2.12. The number of carbonyl (C=O) groups is 5. The average molecular weight is 631 g/mol. The quantitative estimate of drug-likeness (QED) is 0.160. The number of amides is 4. The lowest BCUT2D eigenvalue weighted by Crippen LogP contribution is -2.59. The Morgan fingerprint density at radius 2 is 1.64 bits per heavy atom. The number of methoxy groups -OCH3 is 1. The number of rotatable bonds is 16. The van der Waals surface area contributed by atoms with Gasteiger partial charge in [-0.2, -0.15) is 0 Å². The molecule has 2 rings (SSSR count). The predicted molar refractivity (Wildman–Crippen MR) is 172 cm³/mol. The summed E-state index contributed by atoms with van der Waals surface area (Å²) in [5.74, 6) is -2.59. The molecule has 0 spiro atoms. The molecule has 0 aliphatic carbocycles. The van der Waals surface area contributed by atoms with Crippen molar-refractivity contribution in [1.29, 1.82) is 0 Å². The monoisotopic (exact) mass is 630 g/mol. The summed E-state index contributed by atoms with van der Waals surface area (Å²) in [6.45, 7) is 12.9. The zero-order valence-corrected chi connectivity index (χ0v) is 27.9. The van der Waals surface area contributed by atoms with Gasteiger partial charge in [0.05, 0.1) is 18.8 Å². The number of ether oxygens (including phenoxy) is 3. The Kier molecular flexibility index (Phi) is 14.8. The van der Waals surface area contributed by atoms with E-state index in [0.717, 1.165) is 19.2 Å². The fourth-order valence-corrected chi connectivity index (χ4v) is 5.36. The predicted octanol–water partition coefficient (Wildman–Crippen LogP) is 2.47. The van der Waals surface area contributed by atoms with Gasteiger partial charge in [0.1, 0.15) is 32.0 Å². The van der Waals surface area contributed by atoms with E-state index in [1.807, 2.05) is 71.8 Å². The number of alkyl carbamates (subject to hydrolysis) is 1. The van der Waals surface area contributed by atoms with Gasteiger partial charge >= 0.3 is 12.1 Å². The van der Waals surface area contributed by atoms with Gasteiger partial charge in [-0.3, -0.25) is 14.4 Å². The largest absolute Gasteiger partial charge is 0.467 e. The lowest BCUT2D eigenvalue weighted by atomic mass is 9.74. The summed E-state index contributed by atoms with van der Waals surface area (Å²) in [5, 5.41) is 11.0. The molecule has 4 N–H and O–H groups in total. The molecule has 1 aromatic rings. The van der Waals surface area contributed by atoms with E-state index in [0.29, 0.717) is 6.42 Å². The Bertz CT molecular complexity index is 1140. The first-order chi connectivity index (χ1) is 21.1. The van der Waals surface area contributed by atoms with Crippen LogP contribution in [0.1, 0.15) is 66.4 Å². The van der Waals surface area contributed by atoms with Gasteiger partial charge in [-0.05, 0) is 58.4 Å². The van der Waals surface area contributed by atoms with Gasteiger partial charge in [-0.15, -0.1) is 0 Å². The second-order valence-corrected chi connectivity index (χ2v) is 13.1. The van der Waals surface area contributed by atoms with Gasteiger partial charge in [0.15, 0.2) is 0 Å². The molecular formula is C32H51BN4O8. The molecule has 1 heterocycles. The molecule has 4 amide bonds. The fraction of sp³-hybridized carbons (Fsp3) is 0.656. The van der Waals surface area contributed by atoms with Crippen molar-refractivity contribution in [3.63, 3.8) is 0 Å². The van der Waals surface area contributed by atoms with Crippen LogP contribution >= 0.6 is 0 Å². The Labute approximate surface area is 267 Å². The van der Waals surface area contributed by atoms with Crippen LogP contribution in [0, 0.1) is 11.8 Å². The van der Waals surface area contributed by atoms with Crippen molar-refractivity contribution in [1.82, 2.24) is 21.3 Å². The maximum absolute atomic E-state index is 13.7. The maximum atomic E-state index is 13.7. The fourth-order valence-electron chi connectivity index (χ4n) is 5.36. The van der Waals surface area contributed by atoms with E-state index in [1.165, 1.54) is 7.11 Å². The van der Waals surface area contributed by atoms with Crippen LogP contribution in [0.5, 0.6) is 0 Å². The first-order valence-corrected chi connectivity index (χ1v) is 15.8. The number of hydrogen-bond acceptors (Lipinski definition) is 8. The van der Waals surface area contributed by atoms with Crippen LogP contribution < -0.4 is 21.3 Å². The molecule has 1 fully saturated rings. The second kappa shape index (κ2) is 17.8. The highest BCUT2D eigenvalue weighted by Gasteiger charge is 2.38. The third kappa shape index (κ3) is 13.1. The molecule has 0 radical (unpaired) electrons. The summed E-state index contributed by atoms with van der Waals surface area (Å²) in [6, 6.07) is 5.78. The summed E-state index contributed by atoms with van der Waals surface area (Å²) >= 11 is 0. The summed E-state index contributed by atoms with van der Waals surface area (Å²) in [4.78, 5) is 65.3. The smallest absolute Gasteiger partial charge is 0.408 e. The summed E-state index contributed by atoms with van der Waals surface area (Å²) in [5.41, 5.74) is 0.135. The Morgan fingerprint density at radius 3 is 2.22 bits per heavy atom. The number of esters is 1. The van der Waals surface area contributed by atoms with Crippen LogP contribution in [-0.4, -0.2) is 80.0 Å². The molecule has 1 aliphatic heterocycles. The van der Waals surface area contributed by atoms with Crippen LogP contribution in [0.4, 0.5) is 4.79 Å². The highest BCUT2D eigenvalue weighted by molar-refractivity contribution is 6.33. The van der Waals surface area contributed by atoms with Gasteiger partial charge in [0.2, 0.25) is 17.7 Å². The van der Waals surface area contributed by atoms with Crippen LogP contribution in [0.2, 0.25) is 13.1 Å². The molecule has 12 nitrogen and oxygen atoms in total. The van der Waals surface area contributed by atoms with E-state index in [-0.39, 0.29) is 37.3 Å². The normalized spacial score (nSPS) is 19.0. The standard InChI is InChI=1S/C32H51BN4O8/c1-19(2)14-24(28(39)36-25(30(41)43-8)16-22-15-23(17-33-7)34-27(22)38)35-29(40)26(20(3)45-32(4,5)6)37-31(42)44-18-21-12-10-9-11-13-21/h9-13,19-20,22-26,33H,14-18H2,1-8H3,(H,34,38)(H,35,40)(H,36,39)(H,37,42)/t20?,22-,23?,24-,25-,26-/m0/s1. The van der Waals surface area contributed by atoms with Crippen molar-refractivity contribution in [2.24, 2.45) is 11.8 Å². The highest BCUT2D eigenvalue weighted by atomic mass is 16.6. The van der Waals surface area contributed by atoms with Crippen molar-refractivity contribution in [2.75, 3.05) is 7.11 Å². The number of nitrogens with one attached hydrogen (secondary N) is 4. The minimum absolute atomic E-state index is 0.00102. The zero-order chi connectivity index (χ0) is 33.7. The molecule has 0 saturated carbocycles. The van der Waals surface area contributed by atoms with E-state index in [9.17, 15) is 24.0 Å². The molecule has 0 aromatic heterocycles. The summed E-state index contributed by atoms with van der Waals surface area (Å²) < 4.78 is 16.3. The molecular weight excluding hydrogens is 579 g/mol. The minimum atomic E-state index is -1.20. The van der Waals surface area contributed by atoms with Gasteiger partial charge in [0.25, 0.3) is 0 Å². The molecule has 13 heteroatoms. The topological polar surface area (TPSA) is 161 Å². The minimum Gasteiger partial charge on any atom is -0.467 e. The van der Waals surface area contributed by atoms with Gasteiger partial charge in [-0.1, -0.05) is 57.3 Å². The average Bonchev–Trinajstić information content (AvgIpc) is 3.31. The maximum Gasteiger partial charge on any atom is 0.408 e. The molecule has 1 saturated heterocycles.